The summed E-state index contributed by atoms with van der Waals surface area (Å²) in [4.78, 5) is 10.9. The minimum absolute atomic E-state index is 0.171. The van der Waals surface area contributed by atoms with Gasteiger partial charge in [-0.2, -0.15) is 0 Å². The number of aryl methyl sites for hydroxylation is 2. The average molecular weight is 269 g/mol. The van der Waals surface area contributed by atoms with Gasteiger partial charge in [0.2, 0.25) is 0 Å². The summed E-state index contributed by atoms with van der Waals surface area (Å²) in [5, 5.41) is 12.4. The molecule has 0 heterocycles. The van der Waals surface area contributed by atoms with Crippen LogP contribution in [-0.2, 0) is 0 Å². The van der Waals surface area contributed by atoms with Crippen LogP contribution in [0.1, 0.15) is 40.0 Å². The second-order valence-electron chi connectivity index (χ2n) is 5.12. The number of carboxylic acids is 1. The van der Waals surface area contributed by atoms with Crippen molar-refractivity contribution in [2.45, 2.75) is 26.8 Å². The first kappa shape index (κ1) is 14.1. The molecule has 0 fully saturated rings. The molecule has 2 rings (SSSR count). The SMILES string of the molecule is Cc1cccc(C(C)Nc2ccc(C(=O)O)cc2C)c1. The fourth-order valence-electron chi connectivity index (χ4n) is 2.21. The van der Waals surface area contributed by atoms with Crippen LogP contribution >= 0.6 is 0 Å². The molecule has 0 spiro atoms. The summed E-state index contributed by atoms with van der Waals surface area (Å²) in [7, 11) is 0. The Morgan fingerprint density at radius 3 is 2.50 bits per heavy atom. The van der Waals surface area contributed by atoms with Crippen molar-refractivity contribution in [2.75, 3.05) is 5.32 Å². The van der Waals surface area contributed by atoms with Gasteiger partial charge in [0.05, 0.1) is 5.56 Å². The maximum atomic E-state index is 10.9. The number of benzene rings is 2. The molecule has 0 aliphatic heterocycles. The molecule has 0 saturated heterocycles. The van der Waals surface area contributed by atoms with E-state index in [1.54, 1.807) is 12.1 Å². The van der Waals surface area contributed by atoms with E-state index < -0.39 is 5.97 Å². The van der Waals surface area contributed by atoms with Gasteiger partial charge < -0.3 is 10.4 Å². The van der Waals surface area contributed by atoms with Crippen LogP contribution < -0.4 is 5.32 Å². The van der Waals surface area contributed by atoms with Gasteiger partial charge in [0.15, 0.2) is 0 Å². The smallest absolute Gasteiger partial charge is 0.335 e. The molecule has 0 bridgehead atoms. The first-order valence-electron chi connectivity index (χ1n) is 6.64. The second-order valence-corrected chi connectivity index (χ2v) is 5.12. The molecule has 0 radical (unpaired) electrons. The van der Waals surface area contributed by atoms with Crippen molar-refractivity contribution >= 4 is 11.7 Å². The number of hydrogen-bond acceptors (Lipinski definition) is 2. The van der Waals surface area contributed by atoms with Gasteiger partial charge in [-0.1, -0.05) is 29.8 Å². The van der Waals surface area contributed by atoms with Crippen molar-refractivity contribution < 1.29 is 9.90 Å². The Bertz CT molecular complexity index is 635. The highest BCUT2D eigenvalue weighted by atomic mass is 16.4. The minimum Gasteiger partial charge on any atom is -0.478 e. The fraction of sp³-hybridized carbons (Fsp3) is 0.235. The molecular weight excluding hydrogens is 250 g/mol. The Hall–Kier alpha value is -2.29. The molecule has 0 amide bonds. The molecule has 3 heteroatoms. The van der Waals surface area contributed by atoms with E-state index in [1.165, 1.54) is 11.1 Å². The van der Waals surface area contributed by atoms with E-state index >= 15 is 0 Å². The van der Waals surface area contributed by atoms with E-state index in [1.807, 2.05) is 19.1 Å². The van der Waals surface area contributed by atoms with Gasteiger partial charge >= 0.3 is 5.97 Å². The van der Waals surface area contributed by atoms with Crippen molar-refractivity contribution in [3.8, 4) is 0 Å². The lowest BCUT2D eigenvalue weighted by Gasteiger charge is -2.18. The third-order valence-corrected chi connectivity index (χ3v) is 3.39. The summed E-state index contributed by atoms with van der Waals surface area (Å²) < 4.78 is 0. The summed E-state index contributed by atoms with van der Waals surface area (Å²) in [6.45, 7) is 6.08. The lowest BCUT2D eigenvalue weighted by molar-refractivity contribution is 0.0697. The van der Waals surface area contributed by atoms with Crippen molar-refractivity contribution in [1.82, 2.24) is 0 Å². The average Bonchev–Trinajstić information content (AvgIpc) is 2.40. The van der Waals surface area contributed by atoms with Crippen LogP contribution in [-0.4, -0.2) is 11.1 Å². The van der Waals surface area contributed by atoms with Gasteiger partial charge in [-0.15, -0.1) is 0 Å². The number of rotatable bonds is 4. The van der Waals surface area contributed by atoms with Crippen molar-refractivity contribution in [3.63, 3.8) is 0 Å². The number of anilines is 1. The molecule has 2 aromatic carbocycles. The van der Waals surface area contributed by atoms with Crippen LogP contribution in [0.2, 0.25) is 0 Å². The van der Waals surface area contributed by atoms with E-state index in [2.05, 4.69) is 37.4 Å². The highest BCUT2D eigenvalue weighted by molar-refractivity contribution is 5.88. The lowest BCUT2D eigenvalue weighted by atomic mass is 10.0. The number of carboxylic acid groups (broad SMARTS) is 1. The van der Waals surface area contributed by atoms with Crippen molar-refractivity contribution in [1.29, 1.82) is 0 Å². The third kappa shape index (κ3) is 3.18. The number of aromatic carboxylic acids is 1. The van der Waals surface area contributed by atoms with Crippen LogP contribution in [0.4, 0.5) is 5.69 Å². The van der Waals surface area contributed by atoms with Crippen molar-refractivity contribution in [2.24, 2.45) is 0 Å². The predicted octanol–water partition coefficient (Wildman–Crippen LogP) is 4.17. The van der Waals surface area contributed by atoms with Gasteiger partial charge in [0, 0.05) is 11.7 Å². The number of carbonyl (C=O) groups is 1. The molecule has 2 aromatic rings. The largest absolute Gasteiger partial charge is 0.478 e. The molecule has 104 valence electrons. The highest BCUT2D eigenvalue weighted by Gasteiger charge is 2.09. The van der Waals surface area contributed by atoms with Crippen LogP contribution in [0.5, 0.6) is 0 Å². The molecule has 1 atom stereocenters. The van der Waals surface area contributed by atoms with E-state index in [-0.39, 0.29) is 6.04 Å². The Morgan fingerprint density at radius 2 is 1.90 bits per heavy atom. The molecular formula is C17H19NO2. The number of hydrogen-bond donors (Lipinski definition) is 2. The van der Waals surface area contributed by atoms with Gasteiger partial charge in [0.1, 0.15) is 0 Å². The van der Waals surface area contributed by atoms with Crippen molar-refractivity contribution in [3.05, 3.63) is 64.7 Å². The third-order valence-electron chi connectivity index (χ3n) is 3.39. The monoisotopic (exact) mass is 269 g/mol. The molecule has 0 aliphatic rings. The summed E-state index contributed by atoms with van der Waals surface area (Å²) in [5.74, 6) is -0.897. The zero-order valence-corrected chi connectivity index (χ0v) is 12.0. The van der Waals surface area contributed by atoms with Crippen LogP contribution in [0.25, 0.3) is 0 Å². The fourth-order valence-corrected chi connectivity index (χ4v) is 2.21. The van der Waals surface area contributed by atoms with Crippen LogP contribution in [0.3, 0.4) is 0 Å². The van der Waals surface area contributed by atoms with E-state index in [0.29, 0.717) is 5.56 Å². The molecule has 2 N–H and O–H groups in total. The summed E-state index contributed by atoms with van der Waals surface area (Å²) in [6.07, 6.45) is 0. The minimum atomic E-state index is -0.897. The lowest BCUT2D eigenvalue weighted by Crippen LogP contribution is -2.08. The molecule has 20 heavy (non-hydrogen) atoms. The second kappa shape index (κ2) is 5.78. The van der Waals surface area contributed by atoms with E-state index in [0.717, 1.165) is 11.3 Å². The summed E-state index contributed by atoms with van der Waals surface area (Å²) in [6, 6.07) is 13.7. The Morgan fingerprint density at radius 1 is 1.15 bits per heavy atom. The molecule has 1 unspecified atom stereocenters. The van der Waals surface area contributed by atoms with Crippen LogP contribution in [0, 0.1) is 13.8 Å². The number of nitrogens with one attached hydrogen (secondary N) is 1. The van der Waals surface area contributed by atoms with Gasteiger partial charge in [-0.25, -0.2) is 4.79 Å². The zero-order valence-electron chi connectivity index (χ0n) is 12.0. The van der Waals surface area contributed by atoms with E-state index in [4.69, 9.17) is 5.11 Å². The molecule has 0 aromatic heterocycles. The van der Waals surface area contributed by atoms with E-state index in [9.17, 15) is 4.79 Å². The summed E-state index contributed by atoms with van der Waals surface area (Å²) in [5.41, 5.74) is 4.66. The van der Waals surface area contributed by atoms with Gasteiger partial charge in [-0.3, -0.25) is 0 Å². The highest BCUT2D eigenvalue weighted by Crippen LogP contribution is 2.23. The first-order chi connectivity index (χ1) is 9.47. The Balaban J connectivity index is 2.19. The maximum absolute atomic E-state index is 10.9. The topological polar surface area (TPSA) is 49.3 Å². The predicted molar refractivity (Wildman–Crippen MR) is 81.4 cm³/mol. The Kier molecular flexibility index (Phi) is 4.08. The van der Waals surface area contributed by atoms with Crippen LogP contribution in [0.15, 0.2) is 42.5 Å². The Labute approximate surface area is 119 Å². The normalized spacial score (nSPS) is 11.9. The molecule has 3 nitrogen and oxygen atoms in total. The standard InChI is InChI=1S/C17H19NO2/c1-11-5-4-6-14(9-11)13(3)18-16-8-7-15(17(19)20)10-12(16)2/h4-10,13,18H,1-3H3,(H,19,20). The zero-order chi connectivity index (χ0) is 14.7. The quantitative estimate of drug-likeness (QED) is 0.875. The molecule has 0 aliphatic carbocycles. The molecule has 0 saturated carbocycles. The van der Waals surface area contributed by atoms with Gasteiger partial charge in [-0.05, 0) is 50.1 Å². The maximum Gasteiger partial charge on any atom is 0.335 e. The van der Waals surface area contributed by atoms with Gasteiger partial charge in [0.25, 0.3) is 0 Å². The summed E-state index contributed by atoms with van der Waals surface area (Å²) >= 11 is 0. The first-order valence-corrected chi connectivity index (χ1v) is 6.64.